The zero-order valence-electron chi connectivity index (χ0n) is 10.6. The molecule has 0 aliphatic carbocycles. The third kappa shape index (κ3) is 2.95. The summed E-state index contributed by atoms with van der Waals surface area (Å²) in [4.78, 5) is 11.2. The molecular weight excluding hydrogens is 212 g/mol. The molecule has 2 rings (SSSR count). The van der Waals surface area contributed by atoms with Gasteiger partial charge in [0.1, 0.15) is 0 Å². The van der Waals surface area contributed by atoms with Crippen LogP contribution < -0.4 is 0 Å². The molecule has 0 spiro atoms. The van der Waals surface area contributed by atoms with E-state index < -0.39 is 0 Å². The molecule has 17 heavy (non-hydrogen) atoms. The summed E-state index contributed by atoms with van der Waals surface area (Å²) in [6.45, 7) is 5.66. The highest BCUT2D eigenvalue weighted by Crippen LogP contribution is 2.31. The number of benzene rings is 1. The molecule has 1 aliphatic rings. The van der Waals surface area contributed by atoms with Crippen LogP contribution in [0.4, 0.5) is 0 Å². The molecule has 1 heterocycles. The van der Waals surface area contributed by atoms with E-state index in [-0.39, 0.29) is 5.78 Å². The van der Waals surface area contributed by atoms with Gasteiger partial charge in [-0.1, -0.05) is 31.2 Å². The lowest BCUT2D eigenvalue weighted by atomic mass is 9.82. The first-order valence-electron chi connectivity index (χ1n) is 6.37. The first-order valence-corrected chi connectivity index (χ1v) is 6.37. The smallest absolute Gasteiger partial charge is 0.159 e. The van der Waals surface area contributed by atoms with Crippen LogP contribution in [0.15, 0.2) is 24.3 Å². The summed E-state index contributed by atoms with van der Waals surface area (Å²) in [6, 6.07) is 8.06. The van der Waals surface area contributed by atoms with Crippen LogP contribution in [-0.2, 0) is 4.74 Å². The van der Waals surface area contributed by atoms with E-state index in [1.165, 1.54) is 5.56 Å². The van der Waals surface area contributed by atoms with Gasteiger partial charge in [-0.25, -0.2) is 0 Å². The van der Waals surface area contributed by atoms with E-state index in [2.05, 4.69) is 19.1 Å². The minimum absolute atomic E-state index is 0.135. The third-order valence-electron chi connectivity index (χ3n) is 3.82. The number of hydrogen-bond acceptors (Lipinski definition) is 2. The molecule has 0 aromatic heterocycles. The minimum atomic E-state index is 0.135. The number of rotatable bonds is 3. The Kier molecular flexibility index (Phi) is 3.95. The quantitative estimate of drug-likeness (QED) is 0.746. The lowest BCUT2D eigenvalue weighted by Crippen LogP contribution is -2.20. The van der Waals surface area contributed by atoms with Crippen molar-refractivity contribution in [3.63, 3.8) is 0 Å². The van der Waals surface area contributed by atoms with Crippen LogP contribution in [0.2, 0.25) is 0 Å². The highest BCUT2D eigenvalue weighted by Gasteiger charge is 2.21. The number of ketones is 1. The molecule has 1 aromatic carbocycles. The zero-order chi connectivity index (χ0) is 12.3. The highest BCUT2D eigenvalue weighted by atomic mass is 16.5. The SMILES string of the molecule is CC(=O)c1ccc(C(C)C2CCOCC2)cc1. The van der Waals surface area contributed by atoms with Crippen LogP contribution in [0.1, 0.15) is 48.5 Å². The van der Waals surface area contributed by atoms with Crippen molar-refractivity contribution in [1.29, 1.82) is 0 Å². The number of carbonyl (C=O) groups excluding carboxylic acids is 1. The second-order valence-electron chi connectivity index (χ2n) is 4.92. The molecule has 0 radical (unpaired) electrons. The number of carbonyl (C=O) groups is 1. The van der Waals surface area contributed by atoms with Gasteiger partial charge in [0.15, 0.2) is 5.78 Å². The zero-order valence-corrected chi connectivity index (χ0v) is 10.6. The molecule has 1 atom stereocenters. The van der Waals surface area contributed by atoms with E-state index >= 15 is 0 Å². The first-order chi connectivity index (χ1) is 8.18. The monoisotopic (exact) mass is 232 g/mol. The van der Waals surface area contributed by atoms with Crippen molar-refractivity contribution in [3.05, 3.63) is 35.4 Å². The largest absolute Gasteiger partial charge is 0.381 e. The molecule has 1 unspecified atom stereocenters. The molecule has 1 saturated heterocycles. The predicted molar refractivity (Wildman–Crippen MR) is 68.4 cm³/mol. The Morgan fingerprint density at radius 1 is 1.24 bits per heavy atom. The summed E-state index contributed by atoms with van der Waals surface area (Å²) in [5.74, 6) is 1.40. The van der Waals surface area contributed by atoms with E-state index in [9.17, 15) is 4.79 Å². The van der Waals surface area contributed by atoms with E-state index in [1.807, 2.05) is 12.1 Å². The minimum Gasteiger partial charge on any atom is -0.381 e. The van der Waals surface area contributed by atoms with E-state index in [4.69, 9.17) is 4.74 Å². The number of hydrogen-bond donors (Lipinski definition) is 0. The van der Waals surface area contributed by atoms with Gasteiger partial charge in [-0.15, -0.1) is 0 Å². The maximum Gasteiger partial charge on any atom is 0.159 e. The third-order valence-corrected chi connectivity index (χ3v) is 3.82. The molecule has 1 aromatic rings. The predicted octanol–water partition coefficient (Wildman–Crippen LogP) is 3.42. The Balaban J connectivity index is 2.07. The van der Waals surface area contributed by atoms with Crippen molar-refractivity contribution in [2.75, 3.05) is 13.2 Å². The summed E-state index contributed by atoms with van der Waals surface area (Å²) < 4.78 is 5.39. The Bertz CT molecular complexity index is 374. The van der Waals surface area contributed by atoms with Crippen LogP contribution >= 0.6 is 0 Å². The number of ether oxygens (including phenoxy) is 1. The fourth-order valence-electron chi connectivity index (χ4n) is 2.51. The van der Waals surface area contributed by atoms with Gasteiger partial charge >= 0.3 is 0 Å². The van der Waals surface area contributed by atoms with Crippen molar-refractivity contribution in [2.24, 2.45) is 5.92 Å². The topological polar surface area (TPSA) is 26.3 Å². The van der Waals surface area contributed by atoms with Crippen LogP contribution in [0.5, 0.6) is 0 Å². The second-order valence-corrected chi connectivity index (χ2v) is 4.92. The van der Waals surface area contributed by atoms with Crippen molar-refractivity contribution in [2.45, 2.75) is 32.6 Å². The summed E-state index contributed by atoms with van der Waals surface area (Å²) in [5, 5.41) is 0. The summed E-state index contributed by atoms with van der Waals surface area (Å²) >= 11 is 0. The van der Waals surface area contributed by atoms with Crippen LogP contribution in [-0.4, -0.2) is 19.0 Å². The van der Waals surface area contributed by atoms with Crippen molar-refractivity contribution >= 4 is 5.78 Å². The van der Waals surface area contributed by atoms with Gasteiger partial charge in [-0.2, -0.15) is 0 Å². The van der Waals surface area contributed by atoms with Gasteiger partial charge in [-0.3, -0.25) is 4.79 Å². The highest BCUT2D eigenvalue weighted by molar-refractivity contribution is 5.94. The van der Waals surface area contributed by atoms with Gasteiger partial charge in [0, 0.05) is 18.8 Å². The van der Waals surface area contributed by atoms with E-state index in [0.717, 1.165) is 31.6 Å². The standard InChI is InChI=1S/C15H20O2/c1-11(14-7-9-17-10-8-14)13-3-5-15(6-4-13)12(2)16/h3-6,11,14H,7-10H2,1-2H3. The second kappa shape index (κ2) is 5.46. The molecule has 2 nitrogen and oxygen atoms in total. The lowest BCUT2D eigenvalue weighted by molar-refractivity contribution is 0.0596. The fourth-order valence-corrected chi connectivity index (χ4v) is 2.51. The maximum absolute atomic E-state index is 11.2. The van der Waals surface area contributed by atoms with Gasteiger partial charge in [0.05, 0.1) is 0 Å². The molecule has 2 heteroatoms. The van der Waals surface area contributed by atoms with Crippen LogP contribution in [0.3, 0.4) is 0 Å². The Morgan fingerprint density at radius 2 is 1.82 bits per heavy atom. The molecule has 0 saturated carbocycles. The Hall–Kier alpha value is -1.15. The van der Waals surface area contributed by atoms with Gasteiger partial charge in [-0.05, 0) is 37.2 Å². The average molecular weight is 232 g/mol. The van der Waals surface area contributed by atoms with Crippen molar-refractivity contribution < 1.29 is 9.53 Å². The van der Waals surface area contributed by atoms with Crippen LogP contribution in [0.25, 0.3) is 0 Å². The van der Waals surface area contributed by atoms with Crippen molar-refractivity contribution in [1.82, 2.24) is 0 Å². The normalized spacial score (nSPS) is 18.9. The summed E-state index contributed by atoms with van der Waals surface area (Å²) in [6.07, 6.45) is 2.30. The van der Waals surface area contributed by atoms with E-state index in [0.29, 0.717) is 11.8 Å². The van der Waals surface area contributed by atoms with Gasteiger partial charge in [0.25, 0.3) is 0 Å². The molecule has 0 amide bonds. The fraction of sp³-hybridized carbons (Fsp3) is 0.533. The van der Waals surface area contributed by atoms with E-state index in [1.54, 1.807) is 6.92 Å². The Labute approximate surface area is 103 Å². The lowest BCUT2D eigenvalue weighted by Gasteiger charge is -2.28. The van der Waals surface area contributed by atoms with Crippen molar-refractivity contribution in [3.8, 4) is 0 Å². The van der Waals surface area contributed by atoms with Gasteiger partial charge in [0.2, 0.25) is 0 Å². The molecule has 1 aliphatic heterocycles. The van der Waals surface area contributed by atoms with Gasteiger partial charge < -0.3 is 4.74 Å². The Morgan fingerprint density at radius 3 is 2.35 bits per heavy atom. The summed E-state index contributed by atoms with van der Waals surface area (Å²) in [7, 11) is 0. The molecule has 92 valence electrons. The molecule has 0 bridgehead atoms. The summed E-state index contributed by atoms with van der Waals surface area (Å²) in [5.41, 5.74) is 2.13. The molecule has 0 N–H and O–H groups in total. The first kappa shape index (κ1) is 12.3. The molecular formula is C15H20O2. The average Bonchev–Trinajstić information content (AvgIpc) is 2.39. The maximum atomic E-state index is 11.2. The molecule has 1 fully saturated rings. The number of Topliss-reactive ketones (excluding diaryl/α,β-unsaturated/α-hetero) is 1. The van der Waals surface area contributed by atoms with Crippen LogP contribution in [0, 0.1) is 5.92 Å².